The normalized spacial score (nSPS) is 10.0. The summed E-state index contributed by atoms with van der Waals surface area (Å²) in [4.78, 5) is 34.1. The van der Waals surface area contributed by atoms with Crippen molar-refractivity contribution in [3.8, 4) is 0 Å². The van der Waals surface area contributed by atoms with Crippen LogP contribution in [0.2, 0.25) is 0 Å². The third-order valence-electron chi connectivity index (χ3n) is 2.64. The first-order valence-corrected chi connectivity index (χ1v) is 6.30. The second kappa shape index (κ2) is 6.53. The molecule has 2 rings (SSSR count). The smallest absolute Gasteiger partial charge is 0.322 e. The number of amides is 2. The highest BCUT2D eigenvalue weighted by atomic mass is 16.5. The predicted octanol–water partition coefficient (Wildman–Crippen LogP) is 1.05. The highest BCUT2D eigenvalue weighted by molar-refractivity contribution is 6.04. The number of hydrogen-bond donors (Lipinski definition) is 3. The minimum absolute atomic E-state index is 0.123. The lowest BCUT2D eigenvalue weighted by atomic mass is 10.2. The molecule has 0 radical (unpaired) electrons. The van der Waals surface area contributed by atoms with Gasteiger partial charge in [0.25, 0.3) is 11.8 Å². The Morgan fingerprint density at radius 3 is 2.64 bits per heavy atom. The molecule has 0 fully saturated rings. The molecule has 1 aromatic heterocycles. The Kier molecular flexibility index (Phi) is 4.52. The van der Waals surface area contributed by atoms with E-state index in [0.717, 1.165) is 0 Å². The lowest BCUT2D eigenvalue weighted by molar-refractivity contribution is -0.135. The predicted molar refractivity (Wildman–Crippen MR) is 75.6 cm³/mol. The molecule has 0 aliphatic heterocycles. The van der Waals surface area contributed by atoms with E-state index in [2.05, 4.69) is 15.8 Å². The average Bonchev–Trinajstić information content (AvgIpc) is 2.91. The lowest BCUT2D eigenvalue weighted by Crippen LogP contribution is -2.29. The summed E-state index contributed by atoms with van der Waals surface area (Å²) in [5.74, 6) is -1.65. The first kappa shape index (κ1) is 15.2. The number of nitrogens with zero attached hydrogens (tertiary/aromatic N) is 1. The van der Waals surface area contributed by atoms with E-state index in [4.69, 9.17) is 9.63 Å². The zero-order chi connectivity index (χ0) is 16.1. The largest absolute Gasteiger partial charge is 0.480 e. The molecule has 2 amide bonds. The van der Waals surface area contributed by atoms with E-state index in [1.807, 2.05) is 0 Å². The molecular weight excluding hydrogens is 290 g/mol. The number of nitrogens with one attached hydrogen (secondary N) is 2. The lowest BCUT2D eigenvalue weighted by Gasteiger charge is -2.06. The van der Waals surface area contributed by atoms with E-state index in [1.165, 1.54) is 18.2 Å². The van der Waals surface area contributed by atoms with Crippen LogP contribution in [-0.2, 0) is 4.79 Å². The van der Waals surface area contributed by atoms with Crippen molar-refractivity contribution >= 4 is 23.5 Å². The summed E-state index contributed by atoms with van der Waals surface area (Å²) in [5, 5.41) is 16.9. The second-order valence-electron chi connectivity index (χ2n) is 4.43. The van der Waals surface area contributed by atoms with Crippen molar-refractivity contribution in [2.75, 3.05) is 11.9 Å². The molecule has 0 atom stereocenters. The van der Waals surface area contributed by atoms with Gasteiger partial charge < -0.3 is 20.3 Å². The molecular formula is C14H13N3O5. The Hall–Kier alpha value is -3.16. The maximum Gasteiger partial charge on any atom is 0.322 e. The van der Waals surface area contributed by atoms with E-state index >= 15 is 0 Å². The fourth-order valence-corrected chi connectivity index (χ4v) is 1.66. The van der Waals surface area contributed by atoms with Crippen LogP contribution in [0.25, 0.3) is 0 Å². The molecule has 114 valence electrons. The molecule has 0 spiro atoms. The van der Waals surface area contributed by atoms with E-state index in [9.17, 15) is 14.4 Å². The fraction of sp³-hybridized carbons (Fsp3) is 0.143. The van der Waals surface area contributed by atoms with Gasteiger partial charge in [-0.1, -0.05) is 11.2 Å². The molecule has 8 heteroatoms. The molecule has 22 heavy (non-hydrogen) atoms. The van der Waals surface area contributed by atoms with Crippen molar-refractivity contribution in [2.45, 2.75) is 6.92 Å². The quantitative estimate of drug-likeness (QED) is 0.759. The van der Waals surface area contributed by atoms with Gasteiger partial charge >= 0.3 is 5.97 Å². The van der Waals surface area contributed by atoms with Gasteiger partial charge in [0.05, 0.1) is 0 Å². The van der Waals surface area contributed by atoms with E-state index in [1.54, 1.807) is 19.1 Å². The molecule has 0 bridgehead atoms. The van der Waals surface area contributed by atoms with E-state index in [0.29, 0.717) is 11.4 Å². The van der Waals surface area contributed by atoms with Gasteiger partial charge in [-0.05, 0) is 25.1 Å². The molecule has 0 unspecified atom stereocenters. The molecule has 3 N–H and O–H groups in total. The zero-order valence-electron chi connectivity index (χ0n) is 11.6. The standard InChI is InChI=1S/C14H13N3O5/c1-8-5-11(17-22-8)14(21)16-10-4-2-3-9(6-10)13(20)15-7-12(18)19/h2-6H,7H2,1H3,(H,15,20)(H,16,21)(H,18,19). The Morgan fingerprint density at radius 2 is 2.00 bits per heavy atom. The number of benzene rings is 1. The van der Waals surface area contributed by atoms with Gasteiger partial charge in [-0.15, -0.1) is 0 Å². The van der Waals surface area contributed by atoms with Crippen LogP contribution in [0.3, 0.4) is 0 Å². The van der Waals surface area contributed by atoms with Crippen molar-refractivity contribution < 1.29 is 24.0 Å². The Balaban J connectivity index is 2.06. The molecule has 0 aliphatic carbocycles. The maximum atomic E-state index is 11.9. The average molecular weight is 303 g/mol. The zero-order valence-corrected chi connectivity index (χ0v) is 11.6. The number of rotatable bonds is 5. The summed E-state index contributed by atoms with van der Waals surface area (Å²) < 4.78 is 4.81. The number of carboxylic acids is 1. The summed E-state index contributed by atoms with van der Waals surface area (Å²) in [6, 6.07) is 7.59. The van der Waals surface area contributed by atoms with Crippen LogP contribution in [0, 0.1) is 6.92 Å². The number of anilines is 1. The summed E-state index contributed by atoms with van der Waals surface area (Å²) in [5.41, 5.74) is 0.738. The SMILES string of the molecule is Cc1cc(C(=O)Nc2cccc(C(=O)NCC(=O)O)c2)no1. The fourth-order valence-electron chi connectivity index (χ4n) is 1.66. The maximum absolute atomic E-state index is 11.9. The molecule has 2 aromatic rings. The third-order valence-corrected chi connectivity index (χ3v) is 2.64. The Bertz CT molecular complexity index is 723. The number of aryl methyl sites for hydroxylation is 1. The number of hydrogen-bond acceptors (Lipinski definition) is 5. The number of carbonyl (C=O) groups is 3. The van der Waals surface area contributed by atoms with E-state index in [-0.39, 0.29) is 11.3 Å². The molecule has 1 aromatic carbocycles. The van der Waals surface area contributed by atoms with Crippen molar-refractivity contribution in [1.29, 1.82) is 0 Å². The highest BCUT2D eigenvalue weighted by Crippen LogP contribution is 2.12. The highest BCUT2D eigenvalue weighted by Gasteiger charge is 2.12. The van der Waals surface area contributed by atoms with Crippen LogP contribution in [0.5, 0.6) is 0 Å². The van der Waals surface area contributed by atoms with Crippen molar-refractivity contribution in [2.24, 2.45) is 0 Å². The van der Waals surface area contributed by atoms with Gasteiger partial charge in [0, 0.05) is 17.3 Å². The second-order valence-corrected chi connectivity index (χ2v) is 4.43. The summed E-state index contributed by atoms with van der Waals surface area (Å²) in [6.45, 7) is 1.19. The van der Waals surface area contributed by atoms with Crippen LogP contribution in [0.15, 0.2) is 34.9 Å². The molecule has 1 heterocycles. The van der Waals surface area contributed by atoms with Gasteiger partial charge in [0.1, 0.15) is 12.3 Å². The van der Waals surface area contributed by atoms with Gasteiger partial charge in [-0.3, -0.25) is 14.4 Å². The van der Waals surface area contributed by atoms with Crippen LogP contribution in [0.4, 0.5) is 5.69 Å². The minimum atomic E-state index is -1.14. The molecule has 8 nitrogen and oxygen atoms in total. The molecule has 0 saturated heterocycles. The Morgan fingerprint density at radius 1 is 1.23 bits per heavy atom. The number of aliphatic carboxylic acids is 1. The molecule has 0 aliphatic rings. The summed E-state index contributed by atoms with van der Waals surface area (Å²) >= 11 is 0. The van der Waals surface area contributed by atoms with Gasteiger partial charge in [0.15, 0.2) is 5.69 Å². The van der Waals surface area contributed by atoms with Gasteiger partial charge in [0.2, 0.25) is 0 Å². The third kappa shape index (κ3) is 3.92. The topological polar surface area (TPSA) is 122 Å². The van der Waals surface area contributed by atoms with E-state index < -0.39 is 24.3 Å². The van der Waals surface area contributed by atoms with Crippen molar-refractivity contribution in [3.05, 3.63) is 47.3 Å². The first-order chi connectivity index (χ1) is 10.5. The van der Waals surface area contributed by atoms with Crippen molar-refractivity contribution in [1.82, 2.24) is 10.5 Å². The monoisotopic (exact) mass is 303 g/mol. The van der Waals surface area contributed by atoms with Crippen molar-refractivity contribution in [3.63, 3.8) is 0 Å². The van der Waals surface area contributed by atoms with Crippen LogP contribution in [-0.4, -0.2) is 34.6 Å². The van der Waals surface area contributed by atoms with Gasteiger partial charge in [-0.25, -0.2) is 0 Å². The van der Waals surface area contributed by atoms with Crippen LogP contribution in [0.1, 0.15) is 26.6 Å². The number of aromatic nitrogens is 1. The number of carboxylic acid groups (broad SMARTS) is 1. The van der Waals surface area contributed by atoms with Gasteiger partial charge in [-0.2, -0.15) is 0 Å². The van der Waals surface area contributed by atoms with Crippen LogP contribution < -0.4 is 10.6 Å². The minimum Gasteiger partial charge on any atom is -0.480 e. The Labute approximate surface area is 125 Å². The first-order valence-electron chi connectivity index (χ1n) is 6.30. The van der Waals surface area contributed by atoms with Crippen LogP contribution >= 0.6 is 0 Å². The summed E-state index contributed by atoms with van der Waals surface area (Å²) in [7, 11) is 0. The number of carbonyl (C=O) groups excluding carboxylic acids is 2. The summed E-state index contributed by atoms with van der Waals surface area (Å²) in [6.07, 6.45) is 0. The molecule has 0 saturated carbocycles.